The fraction of sp³-hybridized carbons (Fsp3) is 0.600. The average Bonchev–Trinajstić information content (AvgIpc) is 2.81. The highest BCUT2D eigenvalue weighted by atomic mass is 16.3. The van der Waals surface area contributed by atoms with Crippen LogP contribution < -0.4 is 0 Å². The van der Waals surface area contributed by atoms with Crippen LogP contribution in [0.1, 0.15) is 50.8 Å². The summed E-state index contributed by atoms with van der Waals surface area (Å²) in [7, 11) is 0. The first-order valence-corrected chi connectivity index (χ1v) is 9.10. The zero-order chi connectivity index (χ0) is 16.1. The largest absolute Gasteiger partial charge is 0.508 e. The van der Waals surface area contributed by atoms with Crippen molar-refractivity contribution in [3.05, 3.63) is 29.5 Å². The molecule has 2 bridgehead atoms. The number of rotatable bonds is 2. The number of phenolic OH excluding ortho intramolecular Hbond substituents is 1. The maximum Gasteiger partial charge on any atom is 0.116 e. The number of aromatic amines is 1. The molecule has 1 aromatic carbocycles. The summed E-state index contributed by atoms with van der Waals surface area (Å²) >= 11 is 0. The quantitative estimate of drug-likeness (QED) is 0.869. The van der Waals surface area contributed by atoms with Crippen LogP contribution in [0.2, 0.25) is 0 Å². The molecule has 3 heterocycles. The fourth-order valence-electron chi connectivity index (χ4n) is 4.97. The van der Waals surface area contributed by atoms with Crippen molar-refractivity contribution in [2.75, 3.05) is 13.1 Å². The Labute approximate surface area is 138 Å². The van der Waals surface area contributed by atoms with E-state index in [-0.39, 0.29) is 0 Å². The molecule has 2 aliphatic heterocycles. The number of phenols is 1. The predicted molar refractivity (Wildman–Crippen MR) is 95.0 cm³/mol. The third-order valence-electron chi connectivity index (χ3n) is 5.99. The van der Waals surface area contributed by atoms with Gasteiger partial charge in [0, 0.05) is 41.6 Å². The molecule has 3 heteroatoms. The number of aromatic nitrogens is 1. The summed E-state index contributed by atoms with van der Waals surface area (Å²) in [6.45, 7) is 9.47. The third kappa shape index (κ3) is 2.55. The van der Waals surface area contributed by atoms with E-state index in [0.29, 0.717) is 17.7 Å². The van der Waals surface area contributed by atoms with Gasteiger partial charge in [0.2, 0.25) is 0 Å². The number of nitrogens with zero attached hydrogens (tertiary/aromatic N) is 1. The predicted octanol–water partition coefficient (Wildman–Crippen LogP) is 4.27. The van der Waals surface area contributed by atoms with Crippen LogP contribution in [0.4, 0.5) is 0 Å². The Morgan fingerprint density at radius 1 is 1.35 bits per heavy atom. The zero-order valence-electron chi connectivity index (χ0n) is 14.5. The van der Waals surface area contributed by atoms with Crippen molar-refractivity contribution in [2.24, 2.45) is 11.8 Å². The van der Waals surface area contributed by atoms with Gasteiger partial charge in [0.1, 0.15) is 5.75 Å². The minimum absolute atomic E-state index is 0.373. The summed E-state index contributed by atoms with van der Waals surface area (Å²) in [6, 6.07) is 6.36. The molecule has 0 amide bonds. The molecular formula is C20H28N2O. The number of nitrogens with one attached hydrogen (secondary N) is 1. The molecule has 2 N–H and O–H groups in total. The molecule has 2 aliphatic rings. The van der Waals surface area contributed by atoms with Crippen LogP contribution in [0.3, 0.4) is 0 Å². The summed E-state index contributed by atoms with van der Waals surface area (Å²) in [5.41, 5.74) is 4.06. The lowest BCUT2D eigenvalue weighted by atomic mass is 9.79. The van der Waals surface area contributed by atoms with E-state index in [9.17, 15) is 5.11 Å². The Balaban J connectivity index is 1.77. The smallest absolute Gasteiger partial charge is 0.116 e. The van der Waals surface area contributed by atoms with Gasteiger partial charge >= 0.3 is 0 Å². The minimum Gasteiger partial charge on any atom is -0.508 e. The molecule has 0 saturated carbocycles. The van der Waals surface area contributed by atoms with Gasteiger partial charge in [0.05, 0.1) is 0 Å². The first kappa shape index (κ1) is 15.1. The Morgan fingerprint density at radius 3 is 2.96 bits per heavy atom. The molecule has 0 aliphatic carbocycles. The number of benzene rings is 1. The van der Waals surface area contributed by atoms with Crippen molar-refractivity contribution >= 4 is 10.9 Å². The zero-order valence-corrected chi connectivity index (χ0v) is 14.5. The standard InChI is InChI=1S/C20H28N2O/c1-12(2)8-14-9-17-13(3)22(11-14)7-6-16-18-10-15(23)4-5-19(18)21-20(16)17/h4-5,10,12-14,17,21,23H,6-9,11H2,1-3H3/t13?,14-,17+/m0/s1. The van der Waals surface area contributed by atoms with Crippen LogP contribution in [0.15, 0.2) is 18.2 Å². The minimum atomic E-state index is 0.373. The lowest BCUT2D eigenvalue weighted by Gasteiger charge is -2.42. The second-order valence-electron chi connectivity index (χ2n) is 8.07. The average molecular weight is 312 g/mol. The number of aromatic hydroxyl groups is 1. The summed E-state index contributed by atoms with van der Waals surface area (Å²) in [6.07, 6.45) is 3.71. The Bertz CT molecular complexity index is 718. The lowest BCUT2D eigenvalue weighted by Crippen LogP contribution is -2.45. The molecule has 1 saturated heterocycles. The molecular weight excluding hydrogens is 284 g/mol. The van der Waals surface area contributed by atoms with E-state index in [2.05, 4.69) is 30.7 Å². The molecule has 0 spiro atoms. The highest BCUT2D eigenvalue weighted by Crippen LogP contribution is 2.43. The topological polar surface area (TPSA) is 39.3 Å². The maximum absolute atomic E-state index is 9.88. The van der Waals surface area contributed by atoms with Crippen molar-refractivity contribution in [3.63, 3.8) is 0 Å². The summed E-state index contributed by atoms with van der Waals surface area (Å²) < 4.78 is 0. The van der Waals surface area contributed by atoms with E-state index in [1.165, 1.54) is 41.5 Å². The summed E-state index contributed by atoms with van der Waals surface area (Å²) in [4.78, 5) is 6.40. The molecule has 1 fully saturated rings. The van der Waals surface area contributed by atoms with Crippen molar-refractivity contribution in [1.82, 2.24) is 9.88 Å². The molecule has 1 aromatic heterocycles. The number of piperidine rings is 1. The maximum atomic E-state index is 9.88. The molecule has 2 aromatic rings. The third-order valence-corrected chi connectivity index (χ3v) is 5.99. The van der Waals surface area contributed by atoms with E-state index >= 15 is 0 Å². The van der Waals surface area contributed by atoms with Crippen LogP contribution in [0, 0.1) is 11.8 Å². The van der Waals surface area contributed by atoms with E-state index in [4.69, 9.17) is 0 Å². The molecule has 0 radical (unpaired) electrons. The van der Waals surface area contributed by atoms with E-state index < -0.39 is 0 Å². The van der Waals surface area contributed by atoms with Crippen LogP contribution in [0.5, 0.6) is 5.75 Å². The van der Waals surface area contributed by atoms with Crippen molar-refractivity contribution < 1.29 is 5.11 Å². The van der Waals surface area contributed by atoms with Gasteiger partial charge < -0.3 is 10.1 Å². The van der Waals surface area contributed by atoms with Gasteiger partial charge in [-0.3, -0.25) is 4.90 Å². The van der Waals surface area contributed by atoms with E-state index in [1.807, 2.05) is 12.1 Å². The van der Waals surface area contributed by atoms with E-state index in [0.717, 1.165) is 24.8 Å². The van der Waals surface area contributed by atoms with Gasteiger partial charge in [-0.05, 0) is 61.8 Å². The SMILES string of the molecule is CC(C)C[C@H]1C[C@H]2c3[nH]c4ccc(O)cc4c3CCN(C1)C2C. The Hall–Kier alpha value is -1.48. The van der Waals surface area contributed by atoms with Gasteiger partial charge in [-0.15, -0.1) is 0 Å². The van der Waals surface area contributed by atoms with Crippen molar-refractivity contribution in [3.8, 4) is 5.75 Å². The highest BCUT2D eigenvalue weighted by Gasteiger charge is 2.38. The fourth-order valence-corrected chi connectivity index (χ4v) is 4.97. The molecule has 4 atom stereocenters. The van der Waals surface area contributed by atoms with Crippen molar-refractivity contribution in [1.29, 1.82) is 0 Å². The number of hydrogen-bond acceptors (Lipinski definition) is 2. The van der Waals surface area contributed by atoms with Crippen LogP contribution >= 0.6 is 0 Å². The molecule has 2 unspecified atom stereocenters. The van der Waals surface area contributed by atoms with Gasteiger partial charge in [0.25, 0.3) is 0 Å². The van der Waals surface area contributed by atoms with E-state index in [1.54, 1.807) is 6.07 Å². The number of fused-ring (bicyclic) bond motifs is 6. The van der Waals surface area contributed by atoms with Gasteiger partial charge in [-0.2, -0.15) is 0 Å². The Morgan fingerprint density at radius 2 is 2.17 bits per heavy atom. The summed E-state index contributed by atoms with van der Waals surface area (Å²) in [5, 5.41) is 11.1. The second kappa shape index (κ2) is 5.55. The Kier molecular flexibility index (Phi) is 3.64. The van der Waals surface area contributed by atoms with Gasteiger partial charge in [-0.25, -0.2) is 0 Å². The lowest BCUT2D eigenvalue weighted by molar-refractivity contribution is 0.0936. The molecule has 124 valence electrons. The second-order valence-corrected chi connectivity index (χ2v) is 8.07. The molecule has 4 rings (SSSR count). The van der Waals surface area contributed by atoms with Crippen LogP contribution in [0.25, 0.3) is 10.9 Å². The van der Waals surface area contributed by atoms with Crippen molar-refractivity contribution in [2.45, 2.75) is 52.0 Å². The van der Waals surface area contributed by atoms with Crippen LogP contribution in [-0.2, 0) is 6.42 Å². The normalized spacial score (nSPS) is 30.4. The highest BCUT2D eigenvalue weighted by molar-refractivity contribution is 5.86. The van der Waals surface area contributed by atoms with Gasteiger partial charge in [-0.1, -0.05) is 13.8 Å². The molecule has 23 heavy (non-hydrogen) atoms. The summed E-state index contributed by atoms with van der Waals surface area (Å²) in [5.74, 6) is 2.55. The number of hydrogen-bond donors (Lipinski definition) is 2. The first-order chi connectivity index (χ1) is 11.0. The molecule has 3 nitrogen and oxygen atoms in total. The van der Waals surface area contributed by atoms with Gasteiger partial charge in [0.15, 0.2) is 0 Å². The number of H-pyrrole nitrogens is 1. The monoisotopic (exact) mass is 312 g/mol. The first-order valence-electron chi connectivity index (χ1n) is 9.10. The van der Waals surface area contributed by atoms with Crippen LogP contribution in [-0.4, -0.2) is 34.1 Å².